The first-order chi connectivity index (χ1) is 11.7. The van der Waals surface area contributed by atoms with Gasteiger partial charge in [0, 0.05) is 20.3 Å². The van der Waals surface area contributed by atoms with Crippen molar-refractivity contribution in [1.82, 2.24) is 4.90 Å². The number of rotatable bonds is 5. The van der Waals surface area contributed by atoms with Crippen LogP contribution >= 0.6 is 7.26 Å². The second-order valence-electron chi connectivity index (χ2n) is 5.99. The fourth-order valence-corrected chi connectivity index (χ4v) is 6.73. The summed E-state index contributed by atoms with van der Waals surface area (Å²) in [6.45, 7) is 0. The first-order valence-electron chi connectivity index (χ1n) is 8.15. The largest absolute Gasteiger partial charge is 1.00 e. The van der Waals surface area contributed by atoms with Crippen molar-refractivity contribution < 1.29 is 12.4 Å². The minimum absolute atomic E-state index is 0. The Hall–Kier alpha value is -2.08. The molecule has 0 aliphatic carbocycles. The number of hydrogen-bond acceptors (Lipinski definition) is 1. The molecule has 0 N–H and O–H groups in total. The van der Waals surface area contributed by atoms with Crippen LogP contribution in [0.2, 0.25) is 0 Å². The molecular weight excluding hydrogens is 345 g/mol. The Balaban J connectivity index is 0.00000225. The van der Waals surface area contributed by atoms with Crippen molar-refractivity contribution in [2.24, 2.45) is 0 Å². The summed E-state index contributed by atoms with van der Waals surface area (Å²) >= 11 is 0. The van der Waals surface area contributed by atoms with Crippen molar-refractivity contribution in [3.8, 4) is 0 Å². The minimum atomic E-state index is -1.83. The van der Waals surface area contributed by atoms with Gasteiger partial charge in [0.2, 0.25) is 0 Å². The summed E-state index contributed by atoms with van der Waals surface area (Å²) < 4.78 is 0. The van der Waals surface area contributed by atoms with Gasteiger partial charge in [0.1, 0.15) is 23.2 Å². The summed E-state index contributed by atoms with van der Waals surface area (Å²) in [4.78, 5) is 2.11. The second kappa shape index (κ2) is 8.85. The molecule has 0 unspecified atom stereocenters. The molecule has 3 heteroatoms. The Kier molecular flexibility index (Phi) is 6.82. The maximum Gasteiger partial charge on any atom is 0.138 e. The lowest BCUT2D eigenvalue weighted by Gasteiger charge is -2.24. The molecular formula is C22H23ClNP. The van der Waals surface area contributed by atoms with E-state index in [-0.39, 0.29) is 12.4 Å². The average molecular weight is 368 g/mol. The van der Waals surface area contributed by atoms with Gasteiger partial charge in [0.15, 0.2) is 0 Å². The van der Waals surface area contributed by atoms with E-state index in [0.717, 1.165) is 0 Å². The van der Waals surface area contributed by atoms with Gasteiger partial charge < -0.3 is 17.3 Å². The van der Waals surface area contributed by atoms with Crippen LogP contribution in [0, 0.1) is 0 Å². The molecule has 0 fully saturated rings. The average Bonchev–Trinajstić information content (AvgIpc) is 2.65. The van der Waals surface area contributed by atoms with Crippen molar-refractivity contribution in [2.45, 2.75) is 0 Å². The molecule has 0 saturated carbocycles. The van der Waals surface area contributed by atoms with Crippen LogP contribution in [0.1, 0.15) is 0 Å². The fourth-order valence-electron chi connectivity index (χ4n) is 2.93. The van der Waals surface area contributed by atoms with Crippen LogP contribution in [-0.4, -0.2) is 19.0 Å². The number of nitrogens with zero attached hydrogens (tertiary/aromatic N) is 1. The summed E-state index contributed by atoms with van der Waals surface area (Å²) in [6, 6.07) is 32.6. The van der Waals surface area contributed by atoms with Crippen molar-refractivity contribution >= 4 is 23.2 Å². The first kappa shape index (κ1) is 19.2. The highest BCUT2D eigenvalue weighted by Crippen LogP contribution is 2.56. The van der Waals surface area contributed by atoms with Crippen LogP contribution < -0.4 is 28.3 Å². The van der Waals surface area contributed by atoms with E-state index >= 15 is 0 Å². The van der Waals surface area contributed by atoms with Crippen molar-refractivity contribution in [3.05, 3.63) is 103 Å². The van der Waals surface area contributed by atoms with E-state index in [0.29, 0.717) is 0 Å². The van der Waals surface area contributed by atoms with E-state index in [2.05, 4.69) is 122 Å². The Morgan fingerprint density at radius 1 is 0.600 bits per heavy atom. The maximum absolute atomic E-state index is 2.41. The smallest absolute Gasteiger partial charge is 0.138 e. The Bertz CT molecular complexity index is 689. The second-order valence-corrected chi connectivity index (χ2v) is 9.28. The lowest BCUT2D eigenvalue weighted by Crippen LogP contribution is -3.00. The predicted molar refractivity (Wildman–Crippen MR) is 108 cm³/mol. The molecule has 3 rings (SSSR count). The molecule has 0 spiro atoms. The number of halogens is 1. The Morgan fingerprint density at radius 3 is 1.20 bits per heavy atom. The van der Waals surface area contributed by atoms with E-state index in [1.165, 1.54) is 15.9 Å². The molecule has 128 valence electrons. The van der Waals surface area contributed by atoms with Gasteiger partial charge in [-0.3, -0.25) is 0 Å². The lowest BCUT2D eigenvalue weighted by atomic mass is 10.4. The summed E-state index contributed by atoms with van der Waals surface area (Å²) in [6.07, 6.45) is 2.20. The SMILES string of the molecule is CN(C)/C=C/[P+](c1ccccc1)(c1ccccc1)c1ccccc1.[Cl-]. The van der Waals surface area contributed by atoms with Gasteiger partial charge in [-0.25, -0.2) is 0 Å². The maximum atomic E-state index is 2.41. The van der Waals surface area contributed by atoms with Crippen LogP contribution in [0.25, 0.3) is 0 Å². The normalized spacial score (nSPS) is 11.1. The molecule has 0 aliphatic rings. The highest BCUT2D eigenvalue weighted by atomic mass is 35.5. The zero-order valence-corrected chi connectivity index (χ0v) is 16.2. The minimum Gasteiger partial charge on any atom is -1.00 e. The van der Waals surface area contributed by atoms with Crippen molar-refractivity contribution in [1.29, 1.82) is 0 Å². The van der Waals surface area contributed by atoms with E-state index in [1.54, 1.807) is 0 Å². The topological polar surface area (TPSA) is 3.24 Å². The molecule has 25 heavy (non-hydrogen) atoms. The predicted octanol–water partition coefficient (Wildman–Crippen LogP) is 1.02. The highest BCUT2D eigenvalue weighted by molar-refractivity contribution is 7.98. The zero-order valence-electron chi connectivity index (χ0n) is 14.6. The molecule has 0 aliphatic heterocycles. The van der Waals surface area contributed by atoms with Crippen LogP contribution in [-0.2, 0) is 0 Å². The van der Waals surface area contributed by atoms with Gasteiger partial charge in [-0.1, -0.05) is 54.6 Å². The molecule has 0 heterocycles. The Labute approximate surface area is 157 Å². The molecule has 0 saturated heterocycles. The summed E-state index contributed by atoms with van der Waals surface area (Å²) in [5.74, 6) is 2.41. The van der Waals surface area contributed by atoms with Gasteiger partial charge >= 0.3 is 0 Å². The summed E-state index contributed by atoms with van der Waals surface area (Å²) in [7, 11) is 2.32. The molecule has 3 aromatic carbocycles. The molecule has 0 atom stereocenters. The summed E-state index contributed by atoms with van der Waals surface area (Å²) in [5, 5.41) is 4.13. The molecule has 0 bridgehead atoms. The van der Waals surface area contributed by atoms with Crippen LogP contribution in [0.5, 0.6) is 0 Å². The molecule has 0 amide bonds. The van der Waals surface area contributed by atoms with E-state index in [9.17, 15) is 0 Å². The third kappa shape index (κ3) is 4.12. The third-order valence-electron chi connectivity index (χ3n) is 4.08. The Morgan fingerprint density at radius 2 is 0.920 bits per heavy atom. The number of hydrogen-bond donors (Lipinski definition) is 0. The third-order valence-corrected chi connectivity index (χ3v) is 8.00. The van der Waals surface area contributed by atoms with Gasteiger partial charge in [-0.05, 0) is 36.4 Å². The molecule has 1 nitrogen and oxygen atoms in total. The molecule has 0 radical (unpaired) electrons. The molecule has 0 aromatic heterocycles. The van der Waals surface area contributed by atoms with Crippen molar-refractivity contribution in [2.75, 3.05) is 14.1 Å². The van der Waals surface area contributed by atoms with Gasteiger partial charge in [0.05, 0.1) is 5.82 Å². The first-order valence-corrected chi connectivity index (χ1v) is 10.0. The van der Waals surface area contributed by atoms with Gasteiger partial charge in [-0.15, -0.1) is 0 Å². The standard InChI is InChI=1S/C22H23NP.ClH/c1-23(2)18-19-24(20-12-6-3-7-13-20,21-14-8-4-9-15-21)22-16-10-5-11-17-22;/h3-19H,1-2H3;1H/q+1;/p-1/b19-18+;. The van der Waals surface area contributed by atoms with E-state index in [4.69, 9.17) is 0 Å². The zero-order chi connectivity index (χ0) is 16.8. The molecule has 3 aromatic rings. The van der Waals surface area contributed by atoms with Gasteiger partial charge in [-0.2, -0.15) is 0 Å². The fraction of sp³-hybridized carbons (Fsp3) is 0.0909. The van der Waals surface area contributed by atoms with Crippen LogP contribution in [0.3, 0.4) is 0 Å². The van der Waals surface area contributed by atoms with Crippen molar-refractivity contribution in [3.63, 3.8) is 0 Å². The highest BCUT2D eigenvalue weighted by Gasteiger charge is 2.43. The number of benzene rings is 3. The van der Waals surface area contributed by atoms with Crippen LogP contribution in [0.4, 0.5) is 0 Å². The van der Waals surface area contributed by atoms with Crippen LogP contribution in [0.15, 0.2) is 103 Å². The van der Waals surface area contributed by atoms with E-state index < -0.39 is 7.26 Å². The monoisotopic (exact) mass is 367 g/mol. The quantitative estimate of drug-likeness (QED) is 0.609. The summed E-state index contributed by atoms with van der Waals surface area (Å²) in [5.41, 5.74) is 0. The lowest BCUT2D eigenvalue weighted by molar-refractivity contribution is -0.00000474. The van der Waals surface area contributed by atoms with Gasteiger partial charge in [0.25, 0.3) is 0 Å². The van der Waals surface area contributed by atoms with E-state index in [1.807, 2.05) is 0 Å².